The Balaban J connectivity index is 1.91. The zero-order valence-electron chi connectivity index (χ0n) is 16.2. The molecule has 150 valence electrons. The number of nitrogens with one attached hydrogen (secondary N) is 1. The van der Waals surface area contributed by atoms with Gasteiger partial charge in [0.15, 0.2) is 11.5 Å². The van der Waals surface area contributed by atoms with Crippen LogP contribution in [-0.2, 0) is 6.54 Å². The van der Waals surface area contributed by atoms with Gasteiger partial charge in [-0.25, -0.2) is 0 Å². The van der Waals surface area contributed by atoms with E-state index in [-0.39, 0.29) is 17.1 Å². The number of methoxy groups -OCH3 is 1. The number of hydrogen-bond acceptors (Lipinski definition) is 6. The first-order chi connectivity index (χ1) is 13.9. The smallest absolute Gasteiger partial charge is 0.275 e. The molecule has 0 aliphatic carbocycles. The molecule has 29 heavy (non-hydrogen) atoms. The van der Waals surface area contributed by atoms with Gasteiger partial charge in [-0.05, 0) is 26.0 Å². The summed E-state index contributed by atoms with van der Waals surface area (Å²) in [4.78, 5) is 23.4. The van der Waals surface area contributed by atoms with E-state index in [9.17, 15) is 14.9 Å². The lowest BCUT2D eigenvalue weighted by atomic mass is 10.2. The molecule has 1 N–H and O–H groups in total. The molecule has 0 aliphatic heterocycles. The standard InChI is InChI=1S/C20H20N4O5/c1-4-23-12-17(13(2)22-23)20(25)21-14-9-15(24(26)27)11-16(10-14)29-19-8-6-5-7-18(19)28-3/h5-12H,4H2,1-3H3,(H,21,25). The molecular formula is C20H20N4O5. The molecule has 9 heteroatoms. The molecule has 0 radical (unpaired) electrons. The Kier molecular flexibility index (Phi) is 5.77. The van der Waals surface area contributed by atoms with E-state index in [1.165, 1.54) is 25.3 Å². The summed E-state index contributed by atoms with van der Waals surface area (Å²) in [6.07, 6.45) is 1.63. The SMILES string of the molecule is CCn1cc(C(=O)Nc2cc(Oc3ccccc3OC)cc([N+](=O)[O-])c2)c(C)n1. The summed E-state index contributed by atoms with van der Waals surface area (Å²) in [5.41, 5.74) is 0.984. The van der Waals surface area contributed by atoms with Gasteiger partial charge in [0.25, 0.3) is 11.6 Å². The molecule has 3 rings (SSSR count). The monoisotopic (exact) mass is 396 g/mol. The Morgan fingerprint density at radius 2 is 1.97 bits per heavy atom. The highest BCUT2D eigenvalue weighted by Crippen LogP contribution is 2.34. The molecule has 0 aliphatic rings. The van der Waals surface area contributed by atoms with Gasteiger partial charge in [-0.1, -0.05) is 12.1 Å². The van der Waals surface area contributed by atoms with Crippen molar-refractivity contribution in [2.24, 2.45) is 0 Å². The van der Waals surface area contributed by atoms with E-state index < -0.39 is 10.8 Å². The first-order valence-electron chi connectivity index (χ1n) is 8.87. The fourth-order valence-electron chi connectivity index (χ4n) is 2.75. The van der Waals surface area contributed by atoms with Crippen molar-refractivity contribution in [3.05, 3.63) is 70.0 Å². The minimum absolute atomic E-state index is 0.194. The Morgan fingerprint density at radius 1 is 1.24 bits per heavy atom. The summed E-state index contributed by atoms with van der Waals surface area (Å²) in [6, 6.07) is 11.0. The number of hydrogen-bond donors (Lipinski definition) is 1. The van der Waals surface area contributed by atoms with Crippen molar-refractivity contribution in [1.82, 2.24) is 9.78 Å². The normalized spacial score (nSPS) is 10.4. The molecule has 1 heterocycles. The fraction of sp³-hybridized carbons (Fsp3) is 0.200. The minimum Gasteiger partial charge on any atom is -0.493 e. The van der Waals surface area contributed by atoms with E-state index in [0.29, 0.717) is 29.3 Å². The van der Waals surface area contributed by atoms with Gasteiger partial charge in [-0.2, -0.15) is 5.10 Å². The number of aryl methyl sites for hydroxylation is 2. The molecule has 0 bridgehead atoms. The number of carbonyl (C=O) groups excluding carboxylic acids is 1. The molecule has 0 atom stereocenters. The Morgan fingerprint density at radius 3 is 2.59 bits per heavy atom. The van der Waals surface area contributed by atoms with Crippen LogP contribution >= 0.6 is 0 Å². The lowest BCUT2D eigenvalue weighted by Gasteiger charge is -2.11. The molecule has 2 aromatic carbocycles. The third-order valence-electron chi connectivity index (χ3n) is 4.17. The Bertz CT molecular complexity index is 1060. The van der Waals surface area contributed by atoms with E-state index in [1.807, 2.05) is 6.92 Å². The molecular weight excluding hydrogens is 376 g/mol. The number of non-ortho nitro benzene ring substituents is 1. The molecule has 0 unspecified atom stereocenters. The third kappa shape index (κ3) is 4.52. The molecule has 0 saturated heterocycles. The van der Waals surface area contributed by atoms with Crippen molar-refractivity contribution in [2.75, 3.05) is 12.4 Å². The number of ether oxygens (including phenoxy) is 2. The summed E-state index contributed by atoms with van der Waals surface area (Å²) in [5, 5.41) is 18.2. The quantitative estimate of drug-likeness (QED) is 0.474. The number of nitro benzene ring substituents is 1. The van der Waals surface area contributed by atoms with Gasteiger partial charge in [0.1, 0.15) is 5.75 Å². The van der Waals surface area contributed by atoms with Crippen molar-refractivity contribution in [2.45, 2.75) is 20.4 Å². The van der Waals surface area contributed by atoms with Crippen LogP contribution < -0.4 is 14.8 Å². The highest BCUT2D eigenvalue weighted by Gasteiger charge is 2.17. The van der Waals surface area contributed by atoms with Crippen LogP contribution in [0.1, 0.15) is 23.0 Å². The van der Waals surface area contributed by atoms with Crippen LogP contribution in [0.15, 0.2) is 48.7 Å². The number of nitrogens with zero attached hydrogens (tertiary/aromatic N) is 3. The number of aromatic nitrogens is 2. The predicted molar refractivity (Wildman–Crippen MR) is 107 cm³/mol. The van der Waals surface area contributed by atoms with Crippen LogP contribution in [0, 0.1) is 17.0 Å². The number of amides is 1. The zero-order chi connectivity index (χ0) is 21.0. The highest BCUT2D eigenvalue weighted by molar-refractivity contribution is 6.05. The van der Waals surface area contributed by atoms with Crippen LogP contribution in [-0.4, -0.2) is 27.7 Å². The van der Waals surface area contributed by atoms with Gasteiger partial charge < -0.3 is 14.8 Å². The largest absolute Gasteiger partial charge is 0.493 e. The second-order valence-corrected chi connectivity index (χ2v) is 6.16. The first-order valence-corrected chi connectivity index (χ1v) is 8.87. The number of para-hydroxylation sites is 2. The van der Waals surface area contributed by atoms with Crippen LogP contribution in [0.3, 0.4) is 0 Å². The second kappa shape index (κ2) is 8.42. The van der Waals surface area contributed by atoms with Crippen molar-refractivity contribution in [3.63, 3.8) is 0 Å². The molecule has 1 aromatic heterocycles. The maximum absolute atomic E-state index is 12.6. The molecule has 0 saturated carbocycles. The average Bonchev–Trinajstić information content (AvgIpc) is 3.09. The number of benzene rings is 2. The minimum atomic E-state index is -0.550. The van der Waals surface area contributed by atoms with Crippen LogP contribution in [0.4, 0.5) is 11.4 Å². The van der Waals surface area contributed by atoms with E-state index in [0.717, 1.165) is 0 Å². The van der Waals surface area contributed by atoms with E-state index in [1.54, 1.807) is 42.1 Å². The van der Waals surface area contributed by atoms with Gasteiger partial charge in [-0.3, -0.25) is 19.6 Å². The van der Waals surface area contributed by atoms with Gasteiger partial charge >= 0.3 is 0 Å². The van der Waals surface area contributed by atoms with E-state index in [2.05, 4.69) is 10.4 Å². The molecule has 9 nitrogen and oxygen atoms in total. The lowest BCUT2D eigenvalue weighted by molar-refractivity contribution is -0.384. The number of nitro groups is 1. The molecule has 0 fully saturated rings. The van der Waals surface area contributed by atoms with Crippen LogP contribution in [0.25, 0.3) is 0 Å². The summed E-state index contributed by atoms with van der Waals surface area (Å²) < 4.78 is 12.7. The Labute approximate surface area is 167 Å². The summed E-state index contributed by atoms with van der Waals surface area (Å²) in [7, 11) is 1.50. The van der Waals surface area contributed by atoms with Crippen LogP contribution in [0.2, 0.25) is 0 Å². The molecule has 1 amide bonds. The first kappa shape index (κ1) is 19.9. The highest BCUT2D eigenvalue weighted by atomic mass is 16.6. The number of carbonyl (C=O) groups is 1. The topological polar surface area (TPSA) is 109 Å². The van der Waals surface area contributed by atoms with Crippen LogP contribution in [0.5, 0.6) is 17.2 Å². The van der Waals surface area contributed by atoms with E-state index >= 15 is 0 Å². The molecule has 3 aromatic rings. The molecule has 0 spiro atoms. The lowest BCUT2D eigenvalue weighted by Crippen LogP contribution is -2.12. The van der Waals surface area contributed by atoms with Gasteiger partial charge in [0.05, 0.1) is 35.0 Å². The van der Waals surface area contributed by atoms with Crippen molar-refractivity contribution < 1.29 is 19.2 Å². The van der Waals surface area contributed by atoms with Crippen molar-refractivity contribution in [1.29, 1.82) is 0 Å². The van der Waals surface area contributed by atoms with Gasteiger partial charge in [-0.15, -0.1) is 0 Å². The predicted octanol–water partition coefficient (Wildman–Crippen LogP) is 4.17. The number of anilines is 1. The van der Waals surface area contributed by atoms with Crippen molar-refractivity contribution >= 4 is 17.3 Å². The number of rotatable bonds is 7. The average molecular weight is 396 g/mol. The fourth-order valence-corrected chi connectivity index (χ4v) is 2.75. The summed E-state index contributed by atoms with van der Waals surface area (Å²) in [6.45, 7) is 4.27. The summed E-state index contributed by atoms with van der Waals surface area (Å²) in [5.74, 6) is 0.658. The zero-order valence-corrected chi connectivity index (χ0v) is 16.2. The maximum Gasteiger partial charge on any atom is 0.275 e. The van der Waals surface area contributed by atoms with E-state index in [4.69, 9.17) is 9.47 Å². The summed E-state index contributed by atoms with van der Waals surface area (Å²) >= 11 is 0. The second-order valence-electron chi connectivity index (χ2n) is 6.16. The van der Waals surface area contributed by atoms with Gasteiger partial charge in [0.2, 0.25) is 0 Å². The maximum atomic E-state index is 12.6. The Hall–Kier alpha value is -3.88. The van der Waals surface area contributed by atoms with Crippen molar-refractivity contribution in [3.8, 4) is 17.2 Å². The van der Waals surface area contributed by atoms with Gasteiger partial charge in [0, 0.05) is 24.9 Å². The third-order valence-corrected chi connectivity index (χ3v) is 4.17.